The van der Waals surface area contributed by atoms with Crippen molar-refractivity contribution >= 4 is 37.0 Å². The van der Waals surface area contributed by atoms with Gasteiger partial charge in [-0.3, -0.25) is 0 Å². The average molecular weight is 323 g/mol. The topological polar surface area (TPSA) is 99.4 Å². The molecule has 0 N–H and O–H groups in total. The van der Waals surface area contributed by atoms with E-state index in [-0.39, 0.29) is 22.5 Å². The van der Waals surface area contributed by atoms with Crippen LogP contribution >= 0.6 is 22.0 Å². The van der Waals surface area contributed by atoms with Gasteiger partial charge in [0.05, 0.1) is 11.5 Å². The molecule has 2 aromatic rings. The summed E-state index contributed by atoms with van der Waals surface area (Å²) >= 11 is 0.874. The first-order valence-electron chi connectivity index (χ1n) is 4.97. The van der Waals surface area contributed by atoms with Gasteiger partial charge in [-0.2, -0.15) is 4.98 Å². The number of halogens is 1. The number of aromatic nitrogens is 2. The smallest absolute Gasteiger partial charge is 0.397 e. The Kier molecular flexibility index (Phi) is 3.88. The van der Waals surface area contributed by atoms with Gasteiger partial charge in [0.1, 0.15) is 4.21 Å². The van der Waals surface area contributed by atoms with Gasteiger partial charge < -0.3 is 9.26 Å². The lowest BCUT2D eigenvalue weighted by Crippen LogP contribution is -2.04. The Balaban J connectivity index is 2.28. The molecule has 0 unspecified atom stereocenters. The van der Waals surface area contributed by atoms with Crippen LogP contribution in [0.4, 0.5) is 0 Å². The van der Waals surface area contributed by atoms with Crippen LogP contribution in [0.2, 0.25) is 0 Å². The van der Waals surface area contributed by atoms with Crippen LogP contribution in [0.15, 0.2) is 20.9 Å². The van der Waals surface area contributed by atoms with E-state index in [1.807, 2.05) is 0 Å². The molecule has 0 spiro atoms. The second kappa shape index (κ2) is 5.27. The summed E-state index contributed by atoms with van der Waals surface area (Å²) in [6.45, 7) is 1.83. The second-order valence-electron chi connectivity index (χ2n) is 3.20. The Bertz CT molecular complexity index is 706. The van der Waals surface area contributed by atoms with E-state index in [0.717, 1.165) is 11.3 Å². The van der Waals surface area contributed by atoms with Gasteiger partial charge in [0, 0.05) is 10.7 Å². The molecule has 0 aliphatic rings. The van der Waals surface area contributed by atoms with Crippen molar-refractivity contribution in [1.82, 2.24) is 10.1 Å². The fourth-order valence-electron chi connectivity index (χ4n) is 1.17. The molecule has 0 saturated heterocycles. The molecular weight excluding hydrogens is 316 g/mol. The highest BCUT2D eigenvalue weighted by Crippen LogP contribution is 2.30. The molecule has 0 saturated carbocycles. The Morgan fingerprint density at radius 2 is 2.26 bits per heavy atom. The van der Waals surface area contributed by atoms with Gasteiger partial charge in [0.25, 0.3) is 9.05 Å². The van der Waals surface area contributed by atoms with Crippen LogP contribution in [0, 0.1) is 0 Å². The summed E-state index contributed by atoms with van der Waals surface area (Å²) in [5, 5.41) is 3.57. The maximum atomic E-state index is 11.3. The molecule has 0 aromatic carbocycles. The molecule has 0 atom stereocenters. The summed E-state index contributed by atoms with van der Waals surface area (Å²) in [6, 6.07) is 2.79. The van der Waals surface area contributed by atoms with Crippen LogP contribution in [0.5, 0.6) is 0 Å². The number of ether oxygens (including phenoxy) is 1. The van der Waals surface area contributed by atoms with Gasteiger partial charge in [-0.15, -0.1) is 11.3 Å². The zero-order chi connectivity index (χ0) is 14.0. The van der Waals surface area contributed by atoms with E-state index in [1.54, 1.807) is 6.92 Å². The van der Waals surface area contributed by atoms with E-state index < -0.39 is 15.0 Å². The van der Waals surface area contributed by atoms with Crippen LogP contribution in [0.25, 0.3) is 10.7 Å². The Morgan fingerprint density at radius 1 is 1.53 bits per heavy atom. The van der Waals surface area contributed by atoms with Crippen molar-refractivity contribution in [2.24, 2.45) is 0 Å². The van der Waals surface area contributed by atoms with Crippen molar-refractivity contribution in [3.05, 3.63) is 18.0 Å². The summed E-state index contributed by atoms with van der Waals surface area (Å²) in [5.74, 6) is -0.928. The number of carbonyl (C=O) groups excluding carboxylic acids is 1. The fourth-order valence-corrected chi connectivity index (χ4v) is 3.17. The lowest BCUT2D eigenvalue weighted by atomic mass is 10.4. The monoisotopic (exact) mass is 322 g/mol. The summed E-state index contributed by atoms with van der Waals surface area (Å²) in [6.07, 6.45) is 0. The van der Waals surface area contributed by atoms with E-state index in [9.17, 15) is 13.2 Å². The molecule has 0 aliphatic heterocycles. The van der Waals surface area contributed by atoms with E-state index in [0.29, 0.717) is 4.88 Å². The summed E-state index contributed by atoms with van der Waals surface area (Å²) in [4.78, 5) is 15.6. The molecule has 0 aliphatic carbocycles. The van der Waals surface area contributed by atoms with Crippen LogP contribution in [-0.4, -0.2) is 31.1 Å². The highest BCUT2D eigenvalue weighted by atomic mass is 35.7. The minimum atomic E-state index is -3.80. The zero-order valence-electron chi connectivity index (χ0n) is 9.49. The largest absolute Gasteiger partial charge is 0.459 e. The molecule has 19 heavy (non-hydrogen) atoms. The van der Waals surface area contributed by atoms with Gasteiger partial charge in [-0.25, -0.2) is 13.2 Å². The zero-order valence-corrected chi connectivity index (χ0v) is 11.9. The number of hydrogen-bond acceptors (Lipinski definition) is 8. The Morgan fingerprint density at radius 3 is 2.84 bits per heavy atom. The molecule has 0 radical (unpaired) electrons. The molecular formula is C9H7ClN2O5S2. The molecule has 10 heteroatoms. The van der Waals surface area contributed by atoms with Crippen molar-refractivity contribution < 1.29 is 22.5 Å². The third-order valence-electron chi connectivity index (χ3n) is 1.92. The third-order valence-corrected chi connectivity index (χ3v) is 5.09. The van der Waals surface area contributed by atoms with Crippen molar-refractivity contribution in [3.63, 3.8) is 0 Å². The molecule has 0 amide bonds. The maximum Gasteiger partial charge on any atom is 0.397 e. The van der Waals surface area contributed by atoms with Crippen molar-refractivity contribution in [2.75, 3.05) is 6.61 Å². The van der Waals surface area contributed by atoms with Crippen molar-refractivity contribution in [3.8, 4) is 10.7 Å². The first-order valence-corrected chi connectivity index (χ1v) is 8.10. The molecule has 2 aromatic heterocycles. The van der Waals surface area contributed by atoms with E-state index in [1.165, 1.54) is 12.1 Å². The van der Waals surface area contributed by atoms with E-state index in [2.05, 4.69) is 14.9 Å². The molecule has 102 valence electrons. The van der Waals surface area contributed by atoms with Crippen LogP contribution < -0.4 is 0 Å². The lowest BCUT2D eigenvalue weighted by Gasteiger charge is -1.93. The predicted molar refractivity (Wildman–Crippen MR) is 66.6 cm³/mol. The van der Waals surface area contributed by atoms with Crippen molar-refractivity contribution in [1.29, 1.82) is 0 Å². The number of rotatable bonds is 4. The highest BCUT2D eigenvalue weighted by Gasteiger charge is 2.20. The number of thiophene rings is 1. The minimum absolute atomic E-state index is 0.0355. The number of nitrogens with zero attached hydrogens (tertiary/aromatic N) is 2. The van der Waals surface area contributed by atoms with Crippen molar-refractivity contribution in [2.45, 2.75) is 11.1 Å². The summed E-state index contributed by atoms with van der Waals surface area (Å²) in [5.41, 5.74) is 0. The van der Waals surface area contributed by atoms with Crippen LogP contribution in [0.3, 0.4) is 0 Å². The summed E-state index contributed by atoms with van der Waals surface area (Å²) < 4.78 is 31.6. The molecule has 2 heterocycles. The molecule has 2 rings (SSSR count). The number of esters is 1. The highest BCUT2D eigenvalue weighted by molar-refractivity contribution is 8.15. The fraction of sp³-hybridized carbons (Fsp3) is 0.222. The predicted octanol–water partition coefficient (Wildman–Crippen LogP) is 1.90. The van der Waals surface area contributed by atoms with Crippen LogP contribution in [0.1, 0.15) is 17.6 Å². The normalized spacial score (nSPS) is 11.5. The van der Waals surface area contributed by atoms with Gasteiger partial charge in [-0.05, 0) is 19.1 Å². The Hall–Kier alpha value is -1.45. The van der Waals surface area contributed by atoms with Crippen LogP contribution in [-0.2, 0) is 13.8 Å². The van der Waals surface area contributed by atoms with E-state index in [4.69, 9.17) is 15.2 Å². The van der Waals surface area contributed by atoms with Gasteiger partial charge in [0.15, 0.2) is 0 Å². The summed E-state index contributed by atoms with van der Waals surface area (Å²) in [7, 11) is 1.41. The quantitative estimate of drug-likeness (QED) is 0.626. The number of carbonyl (C=O) groups is 1. The second-order valence-corrected chi connectivity index (χ2v) is 7.08. The first-order chi connectivity index (χ1) is 8.91. The van der Waals surface area contributed by atoms with Gasteiger partial charge in [-0.1, -0.05) is 5.16 Å². The minimum Gasteiger partial charge on any atom is -0.459 e. The average Bonchev–Trinajstić information content (AvgIpc) is 2.97. The third kappa shape index (κ3) is 3.11. The Labute approximate surface area is 116 Å². The van der Waals surface area contributed by atoms with Gasteiger partial charge in [0.2, 0.25) is 5.82 Å². The first kappa shape index (κ1) is 14.0. The number of hydrogen-bond donors (Lipinski definition) is 0. The molecule has 7 nitrogen and oxygen atoms in total. The molecule has 0 fully saturated rings. The molecule has 0 bridgehead atoms. The van der Waals surface area contributed by atoms with Gasteiger partial charge >= 0.3 is 11.9 Å². The maximum absolute atomic E-state index is 11.3. The van der Waals surface area contributed by atoms with E-state index >= 15 is 0 Å². The lowest BCUT2D eigenvalue weighted by molar-refractivity contribution is 0.0470. The standard InChI is InChI=1S/C9H7ClN2O5S2/c1-2-16-9(13)8-11-7(12-17-8)5-3-4-6(18-5)19(10,14)15/h3-4H,2H2,1H3. The SMILES string of the molecule is CCOC(=O)c1nc(-c2ccc(S(=O)(=O)Cl)s2)no1.